The highest BCUT2D eigenvalue weighted by Crippen LogP contribution is 2.23. The van der Waals surface area contributed by atoms with Crippen LogP contribution < -0.4 is 5.73 Å². The molecule has 0 aromatic carbocycles. The Balaban J connectivity index is 2.55. The average molecular weight is 269 g/mol. The quantitative estimate of drug-likeness (QED) is 0.802. The molecule has 0 aromatic heterocycles. The monoisotopic (exact) mass is 269 g/mol. The van der Waals surface area contributed by atoms with Crippen LogP contribution in [-0.2, 0) is 9.59 Å². The van der Waals surface area contributed by atoms with Gasteiger partial charge in [0, 0.05) is 33.1 Å². The number of amides is 2. The van der Waals surface area contributed by atoms with Gasteiger partial charge in [0.1, 0.15) is 0 Å². The van der Waals surface area contributed by atoms with Crippen molar-refractivity contribution in [2.75, 3.05) is 27.2 Å². The van der Waals surface area contributed by atoms with Crippen molar-refractivity contribution in [3.63, 3.8) is 0 Å². The maximum absolute atomic E-state index is 12.3. The van der Waals surface area contributed by atoms with E-state index in [2.05, 4.69) is 0 Å². The SMILES string of the molecule is CN(C)C(=O)C1CCN(C(=O)C(N)C(C)(C)C)CC1. The Morgan fingerprint density at radius 3 is 2.05 bits per heavy atom. The molecule has 1 saturated heterocycles. The second-order valence-corrected chi connectivity index (χ2v) is 6.68. The van der Waals surface area contributed by atoms with Crippen molar-refractivity contribution in [3.05, 3.63) is 0 Å². The number of nitrogens with zero attached hydrogens (tertiary/aromatic N) is 2. The summed E-state index contributed by atoms with van der Waals surface area (Å²) in [6.07, 6.45) is 1.47. The summed E-state index contributed by atoms with van der Waals surface area (Å²) in [5.74, 6) is 0.209. The van der Waals surface area contributed by atoms with Crippen molar-refractivity contribution in [1.82, 2.24) is 9.80 Å². The van der Waals surface area contributed by atoms with Crippen molar-refractivity contribution >= 4 is 11.8 Å². The molecule has 0 aromatic rings. The van der Waals surface area contributed by atoms with Gasteiger partial charge in [0.25, 0.3) is 0 Å². The fourth-order valence-corrected chi connectivity index (χ4v) is 2.28. The Hall–Kier alpha value is -1.10. The molecule has 1 rings (SSSR count). The lowest BCUT2D eigenvalue weighted by Crippen LogP contribution is -2.53. The summed E-state index contributed by atoms with van der Waals surface area (Å²) in [6, 6.07) is -0.478. The molecule has 0 spiro atoms. The second-order valence-electron chi connectivity index (χ2n) is 6.68. The minimum atomic E-state index is -0.478. The number of carbonyl (C=O) groups excluding carboxylic acids is 2. The Bertz CT molecular complexity index is 339. The molecule has 5 nitrogen and oxygen atoms in total. The van der Waals surface area contributed by atoms with Gasteiger partial charge in [-0.05, 0) is 18.3 Å². The molecular formula is C14H27N3O2. The van der Waals surface area contributed by atoms with Gasteiger partial charge in [-0.3, -0.25) is 9.59 Å². The van der Waals surface area contributed by atoms with E-state index in [-0.39, 0.29) is 23.1 Å². The first-order chi connectivity index (χ1) is 8.64. The number of carbonyl (C=O) groups is 2. The highest BCUT2D eigenvalue weighted by Gasteiger charge is 2.34. The minimum absolute atomic E-state index is 0.00301. The molecule has 1 atom stereocenters. The number of nitrogens with two attached hydrogens (primary N) is 1. The Kier molecular flexibility index (Phi) is 4.96. The number of rotatable bonds is 2. The summed E-state index contributed by atoms with van der Waals surface area (Å²) in [6.45, 7) is 7.17. The predicted molar refractivity (Wildman–Crippen MR) is 75.4 cm³/mol. The van der Waals surface area contributed by atoms with Gasteiger partial charge < -0.3 is 15.5 Å². The topological polar surface area (TPSA) is 66.6 Å². The maximum Gasteiger partial charge on any atom is 0.240 e. The van der Waals surface area contributed by atoms with Gasteiger partial charge in [0.05, 0.1) is 6.04 Å². The van der Waals surface area contributed by atoms with Gasteiger partial charge in [0.15, 0.2) is 0 Å². The van der Waals surface area contributed by atoms with Crippen molar-refractivity contribution in [2.24, 2.45) is 17.1 Å². The molecule has 0 radical (unpaired) electrons. The van der Waals surface area contributed by atoms with E-state index in [9.17, 15) is 9.59 Å². The highest BCUT2D eigenvalue weighted by atomic mass is 16.2. The second kappa shape index (κ2) is 5.90. The number of hydrogen-bond acceptors (Lipinski definition) is 3. The van der Waals surface area contributed by atoms with Crippen molar-refractivity contribution in [2.45, 2.75) is 39.7 Å². The molecule has 1 aliphatic rings. The van der Waals surface area contributed by atoms with Crippen LogP contribution in [0.4, 0.5) is 0 Å². The van der Waals surface area contributed by atoms with Crippen molar-refractivity contribution in [1.29, 1.82) is 0 Å². The van der Waals surface area contributed by atoms with Crippen LogP contribution in [0.2, 0.25) is 0 Å². The molecule has 5 heteroatoms. The van der Waals surface area contributed by atoms with Crippen LogP contribution in [0.5, 0.6) is 0 Å². The van der Waals surface area contributed by atoms with Gasteiger partial charge >= 0.3 is 0 Å². The largest absolute Gasteiger partial charge is 0.349 e. The fraction of sp³-hybridized carbons (Fsp3) is 0.857. The zero-order chi connectivity index (χ0) is 14.8. The van der Waals surface area contributed by atoms with E-state index in [0.717, 1.165) is 12.8 Å². The van der Waals surface area contributed by atoms with Gasteiger partial charge in [-0.1, -0.05) is 20.8 Å². The van der Waals surface area contributed by atoms with Gasteiger partial charge in [-0.2, -0.15) is 0 Å². The summed E-state index contributed by atoms with van der Waals surface area (Å²) < 4.78 is 0. The van der Waals surface area contributed by atoms with Crippen LogP contribution in [0.25, 0.3) is 0 Å². The summed E-state index contributed by atoms with van der Waals surface area (Å²) in [7, 11) is 3.55. The lowest BCUT2D eigenvalue weighted by atomic mass is 9.85. The zero-order valence-electron chi connectivity index (χ0n) is 12.8. The molecule has 1 fully saturated rings. The minimum Gasteiger partial charge on any atom is -0.349 e. The van der Waals surface area contributed by atoms with Crippen LogP contribution in [-0.4, -0.2) is 54.8 Å². The third-order valence-corrected chi connectivity index (χ3v) is 3.80. The molecule has 1 heterocycles. The van der Waals surface area contributed by atoms with Crippen LogP contribution in [0.1, 0.15) is 33.6 Å². The predicted octanol–water partition coefficient (Wildman–Crippen LogP) is 0.687. The molecule has 2 amide bonds. The van der Waals surface area contributed by atoms with Crippen LogP contribution in [0, 0.1) is 11.3 Å². The Morgan fingerprint density at radius 1 is 1.21 bits per heavy atom. The normalized spacial score (nSPS) is 19.2. The molecule has 0 bridgehead atoms. The summed E-state index contributed by atoms with van der Waals surface area (Å²) >= 11 is 0. The van der Waals surface area contributed by atoms with E-state index in [4.69, 9.17) is 5.73 Å². The van der Waals surface area contributed by atoms with E-state index in [1.165, 1.54) is 0 Å². The summed E-state index contributed by atoms with van der Waals surface area (Å²) in [4.78, 5) is 27.6. The summed E-state index contributed by atoms with van der Waals surface area (Å²) in [5.41, 5.74) is 5.77. The zero-order valence-corrected chi connectivity index (χ0v) is 12.8. The number of hydrogen-bond donors (Lipinski definition) is 1. The Morgan fingerprint density at radius 2 is 1.68 bits per heavy atom. The third-order valence-electron chi connectivity index (χ3n) is 3.80. The molecule has 19 heavy (non-hydrogen) atoms. The fourth-order valence-electron chi connectivity index (χ4n) is 2.28. The van der Waals surface area contributed by atoms with E-state index in [1.807, 2.05) is 20.8 Å². The van der Waals surface area contributed by atoms with E-state index >= 15 is 0 Å². The molecule has 110 valence electrons. The molecule has 2 N–H and O–H groups in total. The molecular weight excluding hydrogens is 242 g/mol. The first-order valence-electron chi connectivity index (χ1n) is 6.90. The molecule has 0 saturated carbocycles. The molecule has 1 unspecified atom stereocenters. The van der Waals surface area contributed by atoms with Crippen molar-refractivity contribution < 1.29 is 9.59 Å². The van der Waals surface area contributed by atoms with Crippen LogP contribution in [0.15, 0.2) is 0 Å². The lowest BCUT2D eigenvalue weighted by molar-refractivity contribution is -0.141. The van der Waals surface area contributed by atoms with Crippen molar-refractivity contribution in [3.8, 4) is 0 Å². The first-order valence-corrected chi connectivity index (χ1v) is 6.90. The number of piperidine rings is 1. The molecule has 1 aliphatic heterocycles. The Labute approximate surface area is 116 Å². The third kappa shape index (κ3) is 3.93. The van der Waals surface area contributed by atoms with Gasteiger partial charge in [-0.15, -0.1) is 0 Å². The van der Waals surface area contributed by atoms with E-state index in [1.54, 1.807) is 23.9 Å². The number of likely N-dealkylation sites (tertiary alicyclic amines) is 1. The standard InChI is InChI=1S/C14H27N3O2/c1-14(2,3)11(15)13(19)17-8-6-10(7-9-17)12(18)16(4)5/h10-11H,6-9,15H2,1-5H3. The summed E-state index contributed by atoms with van der Waals surface area (Å²) in [5, 5.41) is 0. The van der Waals surface area contributed by atoms with Crippen LogP contribution >= 0.6 is 0 Å². The van der Waals surface area contributed by atoms with Gasteiger partial charge in [0.2, 0.25) is 11.8 Å². The van der Waals surface area contributed by atoms with Crippen LogP contribution in [0.3, 0.4) is 0 Å². The molecule has 0 aliphatic carbocycles. The van der Waals surface area contributed by atoms with E-state index in [0.29, 0.717) is 13.1 Å². The van der Waals surface area contributed by atoms with Gasteiger partial charge in [-0.25, -0.2) is 0 Å². The maximum atomic E-state index is 12.3. The highest BCUT2D eigenvalue weighted by molar-refractivity contribution is 5.83. The first kappa shape index (κ1) is 16.0. The average Bonchev–Trinajstić information content (AvgIpc) is 2.35. The smallest absolute Gasteiger partial charge is 0.240 e. The van der Waals surface area contributed by atoms with E-state index < -0.39 is 6.04 Å². The lowest BCUT2D eigenvalue weighted by Gasteiger charge is -2.36.